The van der Waals surface area contributed by atoms with Gasteiger partial charge in [-0.25, -0.2) is 0 Å². The fourth-order valence-electron chi connectivity index (χ4n) is 1.11. The molecule has 0 saturated heterocycles. The summed E-state index contributed by atoms with van der Waals surface area (Å²) in [5.74, 6) is 2.54. The largest absolute Gasteiger partial charge is 0.496 e. The lowest BCUT2D eigenvalue weighted by molar-refractivity contribution is 0.243. The summed E-state index contributed by atoms with van der Waals surface area (Å²) in [6.45, 7) is 1.90. The maximum absolute atomic E-state index is 5.66. The van der Waals surface area contributed by atoms with Gasteiger partial charge in [0, 0.05) is 18.2 Å². The summed E-state index contributed by atoms with van der Waals surface area (Å²) in [4.78, 5) is 0. The predicted octanol–water partition coefficient (Wildman–Crippen LogP) is 2.71. The number of ether oxygens (including phenoxy) is 3. The number of hydrogen-bond acceptors (Lipinski definition) is 3. The Bertz CT molecular complexity index is 292. The topological polar surface area (TPSA) is 27.7 Å². The van der Waals surface area contributed by atoms with Gasteiger partial charge in [0.2, 0.25) is 0 Å². The molecule has 0 amide bonds. The molecule has 4 heteroatoms. The Hall–Kier alpha value is -1.09. The Morgan fingerprint density at radius 1 is 1.07 bits per heavy atom. The van der Waals surface area contributed by atoms with Crippen molar-refractivity contribution in [1.82, 2.24) is 0 Å². The molecule has 0 heterocycles. The van der Waals surface area contributed by atoms with Gasteiger partial charge in [-0.05, 0) is 6.92 Å². The van der Waals surface area contributed by atoms with Crippen molar-refractivity contribution in [1.29, 1.82) is 0 Å². The summed E-state index contributed by atoms with van der Waals surface area (Å²) in [7, 11) is 3.20. The molecule has 0 radical (unpaired) electrons. The van der Waals surface area contributed by atoms with E-state index in [1.54, 1.807) is 32.4 Å². The molecule has 0 aliphatic carbocycles. The number of alkyl halides is 1. The van der Waals surface area contributed by atoms with Crippen molar-refractivity contribution in [2.24, 2.45) is 0 Å². The number of hydrogen-bond donors (Lipinski definition) is 0. The molecule has 1 aromatic rings. The Balaban J connectivity index is 2.86. The maximum atomic E-state index is 5.66. The third-order valence-electron chi connectivity index (χ3n) is 1.88. The van der Waals surface area contributed by atoms with Gasteiger partial charge in [0.25, 0.3) is 0 Å². The van der Waals surface area contributed by atoms with Crippen LogP contribution in [0.25, 0.3) is 0 Å². The van der Waals surface area contributed by atoms with Crippen LogP contribution in [0, 0.1) is 0 Å². The molecule has 1 unspecified atom stereocenters. The minimum absolute atomic E-state index is 0.0384. The molecule has 1 rings (SSSR count). The van der Waals surface area contributed by atoms with E-state index in [1.807, 2.05) is 6.92 Å². The average Bonchev–Trinajstić information content (AvgIpc) is 2.28. The van der Waals surface area contributed by atoms with Crippen LogP contribution in [-0.2, 0) is 0 Å². The first kappa shape index (κ1) is 12.0. The van der Waals surface area contributed by atoms with Crippen molar-refractivity contribution < 1.29 is 14.2 Å². The van der Waals surface area contributed by atoms with E-state index in [2.05, 4.69) is 0 Å². The van der Waals surface area contributed by atoms with E-state index in [-0.39, 0.29) is 6.10 Å². The van der Waals surface area contributed by atoms with Crippen molar-refractivity contribution in [2.45, 2.75) is 13.0 Å². The summed E-state index contributed by atoms with van der Waals surface area (Å²) >= 11 is 5.66. The maximum Gasteiger partial charge on any atom is 0.127 e. The van der Waals surface area contributed by atoms with Crippen LogP contribution in [0.15, 0.2) is 18.2 Å². The molecule has 1 atom stereocenters. The fraction of sp³-hybridized carbons (Fsp3) is 0.455. The van der Waals surface area contributed by atoms with Gasteiger partial charge in [-0.2, -0.15) is 0 Å². The zero-order valence-electron chi connectivity index (χ0n) is 9.12. The van der Waals surface area contributed by atoms with Crippen LogP contribution in [0.2, 0.25) is 0 Å². The molecule has 0 saturated carbocycles. The molecule has 0 bridgehead atoms. The van der Waals surface area contributed by atoms with Gasteiger partial charge in [0.05, 0.1) is 20.1 Å². The predicted molar refractivity (Wildman–Crippen MR) is 60.4 cm³/mol. The average molecular weight is 231 g/mol. The first-order chi connectivity index (χ1) is 7.19. The zero-order chi connectivity index (χ0) is 11.3. The van der Waals surface area contributed by atoms with E-state index in [0.717, 1.165) is 0 Å². The van der Waals surface area contributed by atoms with Crippen LogP contribution >= 0.6 is 11.6 Å². The molecule has 1 aromatic carbocycles. The summed E-state index contributed by atoms with van der Waals surface area (Å²) in [5.41, 5.74) is 0. The summed E-state index contributed by atoms with van der Waals surface area (Å²) in [5, 5.41) is 0. The van der Waals surface area contributed by atoms with E-state index < -0.39 is 0 Å². The Morgan fingerprint density at radius 3 is 1.93 bits per heavy atom. The van der Waals surface area contributed by atoms with Gasteiger partial charge in [-0.3, -0.25) is 0 Å². The zero-order valence-corrected chi connectivity index (χ0v) is 9.88. The second kappa shape index (κ2) is 5.71. The highest BCUT2D eigenvalue weighted by atomic mass is 35.5. The summed E-state index contributed by atoms with van der Waals surface area (Å²) in [6, 6.07) is 5.38. The summed E-state index contributed by atoms with van der Waals surface area (Å²) in [6.07, 6.45) is -0.0384. The SMILES string of the molecule is COc1cc(OC)cc(OC(C)CCl)c1. The van der Waals surface area contributed by atoms with Crippen LogP contribution in [0.1, 0.15) is 6.92 Å². The van der Waals surface area contributed by atoms with Crippen molar-refractivity contribution in [3.63, 3.8) is 0 Å². The highest BCUT2D eigenvalue weighted by Gasteiger charge is 2.06. The first-order valence-corrected chi connectivity index (χ1v) is 5.18. The van der Waals surface area contributed by atoms with Gasteiger partial charge in [0.1, 0.15) is 23.4 Å². The van der Waals surface area contributed by atoms with E-state index in [0.29, 0.717) is 23.1 Å². The molecule has 3 nitrogen and oxygen atoms in total. The molecule has 84 valence electrons. The van der Waals surface area contributed by atoms with Gasteiger partial charge in [-0.1, -0.05) is 0 Å². The monoisotopic (exact) mass is 230 g/mol. The second-order valence-corrected chi connectivity index (χ2v) is 3.44. The minimum Gasteiger partial charge on any atom is -0.496 e. The van der Waals surface area contributed by atoms with Gasteiger partial charge >= 0.3 is 0 Å². The first-order valence-electron chi connectivity index (χ1n) is 4.65. The standard InChI is InChI=1S/C11H15ClO3/c1-8(7-12)15-11-5-9(13-2)4-10(6-11)14-3/h4-6,8H,7H2,1-3H3. The minimum atomic E-state index is -0.0384. The van der Waals surface area contributed by atoms with E-state index in [4.69, 9.17) is 25.8 Å². The highest BCUT2D eigenvalue weighted by molar-refractivity contribution is 6.18. The lowest BCUT2D eigenvalue weighted by Gasteiger charge is -2.13. The number of rotatable bonds is 5. The molecule has 0 fully saturated rings. The van der Waals surface area contributed by atoms with E-state index in [1.165, 1.54) is 0 Å². The molecule has 0 aliphatic heterocycles. The smallest absolute Gasteiger partial charge is 0.127 e. The van der Waals surface area contributed by atoms with Crippen molar-refractivity contribution >= 4 is 11.6 Å². The van der Waals surface area contributed by atoms with Crippen molar-refractivity contribution in [3.8, 4) is 17.2 Å². The Morgan fingerprint density at radius 2 is 1.53 bits per heavy atom. The molecule has 0 aliphatic rings. The molecule has 15 heavy (non-hydrogen) atoms. The lowest BCUT2D eigenvalue weighted by atomic mass is 10.3. The number of benzene rings is 1. The lowest BCUT2D eigenvalue weighted by Crippen LogP contribution is -2.13. The van der Waals surface area contributed by atoms with Gasteiger partial charge < -0.3 is 14.2 Å². The number of halogens is 1. The fourth-order valence-corrected chi connectivity index (χ4v) is 1.18. The van der Waals surface area contributed by atoms with Gasteiger partial charge in [-0.15, -0.1) is 11.6 Å². The normalized spacial score (nSPS) is 12.0. The van der Waals surface area contributed by atoms with Gasteiger partial charge in [0.15, 0.2) is 0 Å². The van der Waals surface area contributed by atoms with Crippen molar-refractivity contribution in [2.75, 3.05) is 20.1 Å². The second-order valence-electron chi connectivity index (χ2n) is 3.13. The van der Waals surface area contributed by atoms with Crippen LogP contribution in [0.3, 0.4) is 0 Å². The third-order valence-corrected chi connectivity index (χ3v) is 2.31. The molecular formula is C11H15ClO3. The molecule has 0 aromatic heterocycles. The van der Waals surface area contributed by atoms with Crippen LogP contribution in [-0.4, -0.2) is 26.2 Å². The molecular weight excluding hydrogens is 216 g/mol. The molecule has 0 spiro atoms. The number of methoxy groups -OCH3 is 2. The van der Waals surface area contributed by atoms with Crippen LogP contribution in [0.5, 0.6) is 17.2 Å². The highest BCUT2D eigenvalue weighted by Crippen LogP contribution is 2.28. The van der Waals surface area contributed by atoms with E-state index >= 15 is 0 Å². The Labute approximate surface area is 94.9 Å². The quantitative estimate of drug-likeness (QED) is 0.728. The van der Waals surface area contributed by atoms with E-state index in [9.17, 15) is 0 Å². The molecule has 0 N–H and O–H groups in total. The third kappa shape index (κ3) is 3.51. The van der Waals surface area contributed by atoms with Crippen LogP contribution in [0.4, 0.5) is 0 Å². The van der Waals surface area contributed by atoms with Crippen LogP contribution < -0.4 is 14.2 Å². The van der Waals surface area contributed by atoms with Crippen molar-refractivity contribution in [3.05, 3.63) is 18.2 Å². The Kier molecular flexibility index (Phi) is 4.56. The summed E-state index contributed by atoms with van der Waals surface area (Å²) < 4.78 is 15.8.